The molecule has 2 aromatic heterocycles. The van der Waals surface area contributed by atoms with Crippen LogP contribution in [0.25, 0.3) is 0 Å². The maximum Gasteiger partial charge on any atom is 0.307 e. The van der Waals surface area contributed by atoms with Crippen molar-refractivity contribution in [3.63, 3.8) is 0 Å². The molecule has 134 valence electrons. The van der Waals surface area contributed by atoms with Crippen LogP contribution < -0.4 is 10.2 Å². The molecule has 0 spiro atoms. The number of hydrogen-bond acceptors (Lipinski definition) is 6. The number of thioether (sulfide) groups is 1. The van der Waals surface area contributed by atoms with Crippen molar-refractivity contribution in [1.29, 1.82) is 0 Å². The third-order valence-corrected chi connectivity index (χ3v) is 4.51. The summed E-state index contributed by atoms with van der Waals surface area (Å²) in [4.78, 5) is 11.8. The van der Waals surface area contributed by atoms with Gasteiger partial charge in [-0.15, -0.1) is 11.8 Å². The largest absolute Gasteiger partial charge is 0.496 e. The van der Waals surface area contributed by atoms with Gasteiger partial charge >= 0.3 is 5.91 Å². The van der Waals surface area contributed by atoms with Crippen LogP contribution >= 0.6 is 11.8 Å². The highest BCUT2D eigenvalue weighted by atomic mass is 32.2. The van der Waals surface area contributed by atoms with E-state index in [0.29, 0.717) is 0 Å². The Bertz CT molecular complexity index is 858. The van der Waals surface area contributed by atoms with Gasteiger partial charge in [-0.1, -0.05) is 0 Å². The Morgan fingerprint density at radius 2 is 2.04 bits per heavy atom. The summed E-state index contributed by atoms with van der Waals surface area (Å²) in [5, 5.41) is 3.97. The molecule has 1 N–H and O–H groups in total. The van der Waals surface area contributed by atoms with Crippen LogP contribution in [0.15, 0.2) is 68.9 Å². The number of nitrogens with zero attached hydrogens (tertiary/aromatic N) is 1. The van der Waals surface area contributed by atoms with Gasteiger partial charge in [-0.3, -0.25) is 4.79 Å². The number of rotatable bonds is 8. The van der Waals surface area contributed by atoms with Gasteiger partial charge in [0.25, 0.3) is 0 Å². The third kappa shape index (κ3) is 4.80. The van der Waals surface area contributed by atoms with Gasteiger partial charge in [-0.05, 0) is 48.0 Å². The molecule has 0 radical (unpaired) electrons. The molecule has 7 heteroatoms. The van der Waals surface area contributed by atoms with Crippen LogP contribution in [-0.4, -0.2) is 19.2 Å². The minimum absolute atomic E-state index is 0.215. The van der Waals surface area contributed by atoms with E-state index in [4.69, 9.17) is 13.6 Å². The first-order chi connectivity index (χ1) is 12.8. The van der Waals surface area contributed by atoms with Gasteiger partial charge in [-0.2, -0.15) is 5.10 Å². The van der Waals surface area contributed by atoms with Crippen molar-refractivity contribution in [3.8, 4) is 5.75 Å². The number of amides is 1. The van der Waals surface area contributed by atoms with Crippen LogP contribution in [0, 0.1) is 0 Å². The molecular weight excluding hydrogens is 352 g/mol. The lowest BCUT2D eigenvalue weighted by molar-refractivity contribution is 0.0927. The number of ether oxygens (including phenoxy) is 1. The molecular formula is C19H18N2O4S. The monoisotopic (exact) mass is 370 g/mol. The molecule has 0 atom stereocenters. The van der Waals surface area contributed by atoms with Crippen molar-refractivity contribution >= 4 is 23.9 Å². The lowest BCUT2D eigenvalue weighted by Crippen LogP contribution is -2.16. The van der Waals surface area contributed by atoms with E-state index in [1.54, 1.807) is 43.5 Å². The summed E-state index contributed by atoms with van der Waals surface area (Å²) in [5.41, 5.74) is 4.34. The molecule has 0 saturated carbocycles. The Labute approximate surface area is 155 Å². The maximum atomic E-state index is 11.8. The van der Waals surface area contributed by atoms with Crippen molar-refractivity contribution in [2.24, 2.45) is 5.10 Å². The number of hydrazone groups is 1. The highest BCUT2D eigenvalue weighted by Crippen LogP contribution is 2.26. The van der Waals surface area contributed by atoms with E-state index < -0.39 is 5.91 Å². The standard InChI is InChI=1S/C19H18N2O4S/c1-23-17-7-6-14(11-20-21-19(22)18-5-3-9-25-18)10-15(17)12-26-13-16-4-2-8-24-16/h2-11H,12-13H2,1H3,(H,21,22). The average Bonchev–Trinajstić information content (AvgIpc) is 3.36. The zero-order valence-corrected chi connectivity index (χ0v) is 15.0. The smallest absolute Gasteiger partial charge is 0.307 e. The highest BCUT2D eigenvalue weighted by molar-refractivity contribution is 7.97. The Morgan fingerprint density at radius 3 is 2.77 bits per heavy atom. The fourth-order valence-electron chi connectivity index (χ4n) is 2.28. The van der Waals surface area contributed by atoms with Crippen LogP contribution in [0.4, 0.5) is 0 Å². The van der Waals surface area contributed by atoms with Crippen molar-refractivity contribution in [2.75, 3.05) is 7.11 Å². The Balaban J connectivity index is 1.60. The second-order valence-corrected chi connectivity index (χ2v) is 6.31. The maximum absolute atomic E-state index is 11.8. The topological polar surface area (TPSA) is 77.0 Å². The van der Waals surface area contributed by atoms with E-state index in [-0.39, 0.29) is 5.76 Å². The molecule has 1 aromatic carbocycles. The van der Waals surface area contributed by atoms with E-state index in [2.05, 4.69) is 10.5 Å². The molecule has 6 nitrogen and oxygen atoms in total. The van der Waals surface area contributed by atoms with E-state index in [1.807, 2.05) is 30.3 Å². The molecule has 3 aromatic rings. The molecule has 3 rings (SSSR count). The zero-order valence-electron chi connectivity index (χ0n) is 14.2. The van der Waals surface area contributed by atoms with Gasteiger partial charge in [-0.25, -0.2) is 5.43 Å². The van der Waals surface area contributed by atoms with E-state index in [0.717, 1.165) is 34.1 Å². The van der Waals surface area contributed by atoms with Gasteiger partial charge in [0.1, 0.15) is 11.5 Å². The number of carbonyl (C=O) groups is 1. The molecule has 0 unspecified atom stereocenters. The van der Waals surface area contributed by atoms with Crippen molar-refractivity contribution in [2.45, 2.75) is 11.5 Å². The third-order valence-electron chi connectivity index (χ3n) is 3.51. The highest BCUT2D eigenvalue weighted by Gasteiger charge is 2.07. The summed E-state index contributed by atoms with van der Waals surface area (Å²) in [6, 6.07) is 12.8. The van der Waals surface area contributed by atoms with Crippen molar-refractivity contribution in [1.82, 2.24) is 5.43 Å². The lowest BCUT2D eigenvalue weighted by Gasteiger charge is -2.09. The van der Waals surface area contributed by atoms with Gasteiger partial charge < -0.3 is 13.6 Å². The summed E-state index contributed by atoms with van der Waals surface area (Å²) >= 11 is 1.73. The number of benzene rings is 1. The Kier molecular flexibility index (Phi) is 6.16. The molecule has 0 saturated heterocycles. The summed E-state index contributed by atoms with van der Waals surface area (Å²) in [5.74, 6) is 3.12. The van der Waals surface area contributed by atoms with Crippen LogP contribution in [0.2, 0.25) is 0 Å². The van der Waals surface area contributed by atoms with Crippen molar-refractivity contribution in [3.05, 3.63) is 77.6 Å². The molecule has 0 aliphatic rings. The minimum Gasteiger partial charge on any atom is -0.496 e. The summed E-state index contributed by atoms with van der Waals surface area (Å²) in [6.45, 7) is 0. The van der Waals surface area contributed by atoms with Gasteiger partial charge in [0.15, 0.2) is 5.76 Å². The fraction of sp³-hybridized carbons (Fsp3) is 0.158. The molecule has 0 bridgehead atoms. The summed E-state index contributed by atoms with van der Waals surface area (Å²) in [6.07, 6.45) is 4.69. The zero-order chi connectivity index (χ0) is 18.2. The first-order valence-electron chi connectivity index (χ1n) is 7.90. The van der Waals surface area contributed by atoms with Gasteiger partial charge in [0.05, 0.1) is 31.6 Å². The Hall–Kier alpha value is -2.93. The van der Waals surface area contributed by atoms with Gasteiger partial charge in [0.2, 0.25) is 0 Å². The predicted molar refractivity (Wildman–Crippen MR) is 100 cm³/mol. The number of carbonyl (C=O) groups excluding carboxylic acids is 1. The van der Waals surface area contributed by atoms with Gasteiger partial charge in [0, 0.05) is 11.3 Å². The quantitative estimate of drug-likeness (QED) is 0.478. The number of nitrogens with one attached hydrogen (secondary N) is 1. The number of hydrogen-bond donors (Lipinski definition) is 1. The normalized spacial score (nSPS) is 11.0. The molecule has 1 amide bonds. The summed E-state index contributed by atoms with van der Waals surface area (Å²) in [7, 11) is 1.65. The van der Waals surface area contributed by atoms with Crippen LogP contribution in [0.1, 0.15) is 27.4 Å². The molecule has 2 heterocycles. The minimum atomic E-state index is -0.394. The predicted octanol–water partition coefficient (Wildman–Crippen LogP) is 4.08. The van der Waals surface area contributed by atoms with E-state index in [9.17, 15) is 4.79 Å². The van der Waals surface area contributed by atoms with Crippen LogP contribution in [0.5, 0.6) is 5.75 Å². The fourth-order valence-corrected chi connectivity index (χ4v) is 3.19. The number of furan rings is 2. The second-order valence-electron chi connectivity index (χ2n) is 5.32. The van der Waals surface area contributed by atoms with Crippen molar-refractivity contribution < 1.29 is 18.4 Å². The second kappa shape index (κ2) is 8.96. The average molecular weight is 370 g/mol. The van der Waals surface area contributed by atoms with Crippen LogP contribution in [0.3, 0.4) is 0 Å². The molecule has 26 heavy (non-hydrogen) atoms. The molecule has 0 fully saturated rings. The first kappa shape index (κ1) is 17.9. The summed E-state index contributed by atoms with van der Waals surface area (Å²) < 4.78 is 15.8. The van der Waals surface area contributed by atoms with Crippen LogP contribution in [-0.2, 0) is 11.5 Å². The number of methoxy groups -OCH3 is 1. The molecule has 0 aliphatic heterocycles. The molecule has 0 aliphatic carbocycles. The SMILES string of the molecule is COc1ccc(C=NNC(=O)c2ccco2)cc1CSCc1ccco1. The van der Waals surface area contributed by atoms with E-state index >= 15 is 0 Å². The first-order valence-corrected chi connectivity index (χ1v) is 9.05. The Morgan fingerprint density at radius 1 is 1.19 bits per heavy atom. The van der Waals surface area contributed by atoms with E-state index in [1.165, 1.54) is 6.26 Å². The lowest BCUT2D eigenvalue weighted by atomic mass is 10.1.